The Hall–Kier alpha value is -3.86. The van der Waals surface area contributed by atoms with E-state index in [1.54, 1.807) is 12.1 Å². The van der Waals surface area contributed by atoms with Crippen molar-refractivity contribution in [1.29, 1.82) is 0 Å². The lowest BCUT2D eigenvalue weighted by molar-refractivity contribution is -0.136. The van der Waals surface area contributed by atoms with Crippen molar-refractivity contribution in [3.8, 4) is 0 Å². The molecule has 33 heavy (non-hydrogen) atoms. The predicted octanol–water partition coefficient (Wildman–Crippen LogP) is 4.37. The van der Waals surface area contributed by atoms with E-state index < -0.39 is 44.8 Å². The van der Waals surface area contributed by atoms with Crippen molar-refractivity contribution in [3.05, 3.63) is 83.4 Å². The number of fused-ring (bicyclic) bond motifs is 1. The van der Waals surface area contributed by atoms with Crippen molar-refractivity contribution in [2.24, 2.45) is 0 Å². The van der Waals surface area contributed by atoms with Gasteiger partial charge in [-0.15, -0.1) is 0 Å². The minimum atomic E-state index is -4.72. The molecule has 0 atom stereocenters. The maximum Gasteiger partial charge on any atom is 0.307 e. The Kier molecular flexibility index (Phi) is 5.58. The third kappa shape index (κ3) is 4.02. The molecule has 11 heteroatoms. The predicted molar refractivity (Wildman–Crippen MR) is 114 cm³/mol. The summed E-state index contributed by atoms with van der Waals surface area (Å²) in [6.07, 6.45) is 0.852. The van der Waals surface area contributed by atoms with Crippen LogP contribution in [0.2, 0.25) is 0 Å². The lowest BCUT2D eigenvalue weighted by Crippen LogP contribution is -2.17. The number of aromatic nitrogens is 2. The second kappa shape index (κ2) is 8.24. The Morgan fingerprint density at radius 3 is 2.52 bits per heavy atom. The van der Waals surface area contributed by atoms with Crippen molar-refractivity contribution in [3.63, 3.8) is 0 Å². The lowest BCUT2D eigenvalue weighted by atomic mass is 10.1. The van der Waals surface area contributed by atoms with E-state index in [1.807, 2.05) is 0 Å². The number of pyridine rings is 1. The zero-order valence-electron chi connectivity index (χ0n) is 17.0. The highest BCUT2D eigenvalue weighted by Crippen LogP contribution is 2.33. The van der Waals surface area contributed by atoms with Crippen LogP contribution >= 0.6 is 0 Å². The number of anilines is 2. The fourth-order valence-electron chi connectivity index (χ4n) is 3.60. The molecule has 0 radical (unpaired) electrons. The van der Waals surface area contributed by atoms with Crippen molar-refractivity contribution >= 4 is 38.4 Å². The van der Waals surface area contributed by atoms with E-state index in [4.69, 9.17) is 0 Å². The van der Waals surface area contributed by atoms with Gasteiger partial charge in [0.2, 0.25) is 0 Å². The molecule has 4 aromatic rings. The van der Waals surface area contributed by atoms with E-state index in [0.29, 0.717) is 16.1 Å². The van der Waals surface area contributed by atoms with Crippen LogP contribution < -0.4 is 5.32 Å². The third-order valence-electron chi connectivity index (χ3n) is 5.04. The maximum atomic E-state index is 15.0. The molecular weight excluding hydrogens is 459 g/mol. The van der Waals surface area contributed by atoms with Gasteiger partial charge < -0.3 is 10.4 Å². The van der Waals surface area contributed by atoms with Gasteiger partial charge in [-0.1, -0.05) is 6.07 Å². The molecule has 0 aliphatic carbocycles. The van der Waals surface area contributed by atoms with Gasteiger partial charge in [0, 0.05) is 23.3 Å². The zero-order valence-corrected chi connectivity index (χ0v) is 17.8. The van der Waals surface area contributed by atoms with E-state index in [1.165, 1.54) is 19.2 Å². The first kappa shape index (κ1) is 22.3. The number of aliphatic carboxylic acids is 1. The number of hydrogen-bond acceptors (Lipinski definition) is 5. The minimum Gasteiger partial charge on any atom is -0.481 e. The van der Waals surface area contributed by atoms with E-state index >= 15 is 0 Å². The average Bonchev–Trinajstić information content (AvgIpc) is 3.02. The molecule has 170 valence electrons. The molecule has 0 bridgehead atoms. The van der Waals surface area contributed by atoms with Gasteiger partial charge in [-0.3, -0.25) is 4.79 Å². The van der Waals surface area contributed by atoms with Crippen LogP contribution in [0.15, 0.2) is 59.6 Å². The molecule has 2 heterocycles. The van der Waals surface area contributed by atoms with Gasteiger partial charge in [0.05, 0.1) is 17.6 Å². The van der Waals surface area contributed by atoms with Gasteiger partial charge in [-0.2, -0.15) is 0 Å². The number of rotatable bonds is 6. The van der Waals surface area contributed by atoms with Crippen LogP contribution in [0.5, 0.6) is 0 Å². The topological polar surface area (TPSA) is 101 Å². The molecule has 0 saturated carbocycles. The van der Waals surface area contributed by atoms with E-state index in [9.17, 15) is 31.5 Å². The van der Waals surface area contributed by atoms with Crippen LogP contribution in [0, 0.1) is 24.4 Å². The van der Waals surface area contributed by atoms with Crippen molar-refractivity contribution in [2.75, 3.05) is 5.32 Å². The fourth-order valence-corrected chi connectivity index (χ4v) is 5.25. The van der Waals surface area contributed by atoms with E-state index in [2.05, 4.69) is 10.3 Å². The summed E-state index contributed by atoms with van der Waals surface area (Å²) in [7, 11) is -4.72. The van der Waals surface area contributed by atoms with Crippen LogP contribution in [0.3, 0.4) is 0 Å². The number of nitrogens with one attached hydrogen (secondary N) is 1. The summed E-state index contributed by atoms with van der Waals surface area (Å²) in [5.41, 5.74) is -0.378. The number of benzene rings is 2. The number of carboxylic acids is 1. The number of carbonyl (C=O) groups is 1. The number of halogens is 3. The second-order valence-corrected chi connectivity index (χ2v) is 8.92. The van der Waals surface area contributed by atoms with E-state index in [-0.39, 0.29) is 33.7 Å². The first-order chi connectivity index (χ1) is 15.6. The zero-order chi connectivity index (χ0) is 23.9. The van der Waals surface area contributed by atoms with Gasteiger partial charge in [0.1, 0.15) is 28.2 Å². The molecule has 0 fully saturated rings. The molecule has 0 aliphatic rings. The Morgan fingerprint density at radius 1 is 1.09 bits per heavy atom. The van der Waals surface area contributed by atoms with Gasteiger partial charge in [-0.05, 0) is 48.9 Å². The quantitative estimate of drug-likeness (QED) is 0.430. The van der Waals surface area contributed by atoms with Crippen molar-refractivity contribution in [2.45, 2.75) is 18.2 Å². The van der Waals surface area contributed by atoms with E-state index in [0.717, 1.165) is 18.2 Å². The summed E-state index contributed by atoms with van der Waals surface area (Å²) in [6, 6.07) is 9.13. The van der Waals surface area contributed by atoms with Crippen LogP contribution in [0.4, 0.5) is 24.7 Å². The standard InChI is InChI=1S/C22H16F3N3O4S/c1-12-14(9-22(29)30)15-8-13(23)5-6-19(15)28(12)33(31,32)20-11-16(24)18(10-17(20)25)27-21-4-2-3-7-26-21/h2-8,10-11H,9H2,1H3,(H,26,27)(H,29,30). The molecule has 0 unspecified atom stereocenters. The number of carboxylic acid groups (broad SMARTS) is 1. The second-order valence-electron chi connectivity index (χ2n) is 7.17. The fraction of sp³-hybridized carbons (Fsp3) is 0.0909. The number of nitrogens with zero attached hydrogens (tertiary/aromatic N) is 2. The van der Waals surface area contributed by atoms with Crippen LogP contribution in [-0.2, 0) is 21.2 Å². The van der Waals surface area contributed by atoms with Gasteiger partial charge in [0.15, 0.2) is 0 Å². The average molecular weight is 475 g/mol. The maximum absolute atomic E-state index is 15.0. The van der Waals surface area contributed by atoms with Crippen LogP contribution in [-0.4, -0.2) is 28.5 Å². The summed E-state index contributed by atoms with van der Waals surface area (Å²) in [4.78, 5) is 14.3. The minimum absolute atomic E-state index is 0.0477. The number of hydrogen-bond donors (Lipinski definition) is 2. The molecule has 7 nitrogen and oxygen atoms in total. The molecule has 0 saturated heterocycles. The Bertz CT molecular complexity index is 1500. The summed E-state index contributed by atoms with van der Waals surface area (Å²) < 4.78 is 71.0. The first-order valence-electron chi connectivity index (χ1n) is 9.53. The summed E-state index contributed by atoms with van der Waals surface area (Å²) in [5.74, 6) is -4.03. The molecule has 0 aliphatic heterocycles. The molecule has 2 aromatic heterocycles. The molecule has 2 N–H and O–H groups in total. The Balaban J connectivity index is 1.88. The molecule has 2 aromatic carbocycles. The highest BCUT2D eigenvalue weighted by molar-refractivity contribution is 7.90. The summed E-state index contributed by atoms with van der Waals surface area (Å²) in [5, 5.41) is 11.8. The van der Waals surface area contributed by atoms with Gasteiger partial charge in [-0.25, -0.2) is 30.5 Å². The largest absolute Gasteiger partial charge is 0.481 e. The molecule has 4 rings (SSSR count). The summed E-state index contributed by atoms with van der Waals surface area (Å²) >= 11 is 0. The highest BCUT2D eigenvalue weighted by Gasteiger charge is 2.29. The molecule has 0 spiro atoms. The smallest absolute Gasteiger partial charge is 0.307 e. The van der Waals surface area contributed by atoms with Gasteiger partial charge in [0.25, 0.3) is 10.0 Å². The molecule has 0 amide bonds. The van der Waals surface area contributed by atoms with Gasteiger partial charge >= 0.3 is 5.97 Å². The SMILES string of the molecule is Cc1c(CC(=O)O)c2cc(F)ccc2n1S(=O)(=O)c1cc(F)c(Nc2ccccn2)cc1F. The van der Waals surface area contributed by atoms with Crippen LogP contribution in [0.25, 0.3) is 10.9 Å². The van der Waals surface area contributed by atoms with Crippen LogP contribution in [0.1, 0.15) is 11.3 Å². The third-order valence-corrected chi connectivity index (χ3v) is 6.86. The van der Waals surface area contributed by atoms with Crippen molar-refractivity contribution < 1.29 is 31.5 Å². The Labute approximate surface area is 186 Å². The summed E-state index contributed by atoms with van der Waals surface area (Å²) in [6.45, 7) is 1.32. The molecular formula is C22H16F3N3O4S. The lowest BCUT2D eigenvalue weighted by Gasteiger charge is -2.13. The Morgan fingerprint density at radius 2 is 1.85 bits per heavy atom. The highest BCUT2D eigenvalue weighted by atomic mass is 32.2. The normalized spacial score (nSPS) is 11.6. The van der Waals surface area contributed by atoms with Crippen molar-refractivity contribution in [1.82, 2.24) is 8.96 Å². The monoisotopic (exact) mass is 475 g/mol. The first-order valence-corrected chi connectivity index (χ1v) is 11.0.